The average Bonchev–Trinajstić information content (AvgIpc) is 3.43. The number of anilines is 2. The van der Waals surface area contributed by atoms with Crippen LogP contribution in [0.15, 0.2) is 53.7 Å². The molecule has 0 spiro atoms. The second-order valence-electron chi connectivity index (χ2n) is 7.79. The third-order valence-electron chi connectivity index (χ3n) is 5.38. The predicted octanol–water partition coefficient (Wildman–Crippen LogP) is 4.14. The molecule has 1 atom stereocenters. The number of nitrogens with zero attached hydrogens (tertiary/aromatic N) is 5. The number of morpholine rings is 1. The zero-order valence-electron chi connectivity index (χ0n) is 18.4. The van der Waals surface area contributed by atoms with E-state index in [9.17, 15) is 4.79 Å². The van der Waals surface area contributed by atoms with Gasteiger partial charge in [0, 0.05) is 13.1 Å². The molecule has 3 heterocycles. The second kappa shape index (κ2) is 9.50. The normalized spacial score (nSPS) is 15.0. The van der Waals surface area contributed by atoms with Gasteiger partial charge in [-0.25, -0.2) is 4.98 Å². The maximum Gasteiger partial charge on any atom is 0.239 e. The molecule has 1 N–H and O–H groups in total. The number of thioether (sulfide) groups is 1. The van der Waals surface area contributed by atoms with Gasteiger partial charge in [0.2, 0.25) is 11.9 Å². The van der Waals surface area contributed by atoms with Crippen LogP contribution in [0.4, 0.5) is 11.1 Å². The summed E-state index contributed by atoms with van der Waals surface area (Å²) in [7, 11) is 0. The topological polar surface area (TPSA) is 85.2 Å². The molecule has 1 unspecified atom stereocenters. The summed E-state index contributed by atoms with van der Waals surface area (Å²) < 4.78 is 8.57. The van der Waals surface area contributed by atoms with E-state index >= 15 is 0 Å². The number of hydrogen-bond acceptors (Lipinski definition) is 8. The molecule has 1 amide bonds. The molecule has 2 aromatic heterocycles. The molecular weight excluding hydrogens is 456 g/mol. The highest BCUT2D eigenvalue weighted by molar-refractivity contribution is 8.00. The van der Waals surface area contributed by atoms with Crippen molar-refractivity contribution in [2.45, 2.75) is 24.3 Å². The van der Waals surface area contributed by atoms with Gasteiger partial charge in [0.15, 0.2) is 10.3 Å². The van der Waals surface area contributed by atoms with Crippen LogP contribution in [0.5, 0.6) is 0 Å². The smallest absolute Gasteiger partial charge is 0.239 e. The number of aromatic nitrogens is 4. The Morgan fingerprint density at radius 3 is 2.64 bits per heavy atom. The number of fused-ring (bicyclic) bond motifs is 1. The van der Waals surface area contributed by atoms with Crippen molar-refractivity contribution in [3.8, 4) is 5.69 Å². The number of nitrogens with one attached hydrogen (secondary N) is 1. The third-order valence-corrected chi connectivity index (χ3v) is 7.37. The van der Waals surface area contributed by atoms with Crippen LogP contribution in [0.3, 0.4) is 0 Å². The van der Waals surface area contributed by atoms with Gasteiger partial charge in [0.1, 0.15) is 0 Å². The number of rotatable bonds is 6. The molecule has 0 radical (unpaired) electrons. The van der Waals surface area contributed by atoms with Crippen LogP contribution in [0, 0.1) is 6.92 Å². The molecule has 5 rings (SSSR count). The molecule has 2 aromatic carbocycles. The number of carbonyl (C=O) groups excluding carboxylic acids is 1. The van der Waals surface area contributed by atoms with E-state index in [1.54, 1.807) is 0 Å². The molecule has 0 aliphatic carbocycles. The van der Waals surface area contributed by atoms with Crippen molar-refractivity contribution < 1.29 is 9.53 Å². The van der Waals surface area contributed by atoms with Crippen LogP contribution >= 0.6 is 23.1 Å². The number of carbonyl (C=O) groups is 1. The molecule has 33 heavy (non-hydrogen) atoms. The minimum atomic E-state index is -0.386. The van der Waals surface area contributed by atoms with Crippen molar-refractivity contribution in [1.29, 1.82) is 0 Å². The van der Waals surface area contributed by atoms with Crippen molar-refractivity contribution >= 4 is 50.3 Å². The Labute approximate surface area is 200 Å². The van der Waals surface area contributed by atoms with Gasteiger partial charge < -0.3 is 15.0 Å². The number of amides is 1. The fourth-order valence-electron chi connectivity index (χ4n) is 3.57. The quantitative estimate of drug-likeness (QED) is 0.415. The van der Waals surface area contributed by atoms with E-state index < -0.39 is 0 Å². The number of aryl methyl sites for hydroxylation is 1. The molecule has 0 saturated carbocycles. The van der Waals surface area contributed by atoms with Gasteiger partial charge in [0.05, 0.1) is 34.4 Å². The van der Waals surface area contributed by atoms with Crippen LogP contribution in [0.1, 0.15) is 12.5 Å². The largest absolute Gasteiger partial charge is 0.378 e. The summed E-state index contributed by atoms with van der Waals surface area (Å²) in [6.07, 6.45) is 0. The summed E-state index contributed by atoms with van der Waals surface area (Å²) in [6, 6.07) is 16.1. The SMILES string of the molecule is Cc1ccc(-n2c(SC(C)C(=O)Nc3nc4ccccc4s3)nnc2N2CCOCC2)cc1. The van der Waals surface area contributed by atoms with Crippen LogP contribution in [0.2, 0.25) is 0 Å². The third kappa shape index (κ3) is 4.73. The van der Waals surface area contributed by atoms with E-state index in [0.717, 1.165) is 34.9 Å². The van der Waals surface area contributed by atoms with E-state index in [2.05, 4.69) is 56.6 Å². The Balaban J connectivity index is 1.39. The van der Waals surface area contributed by atoms with Gasteiger partial charge in [-0.05, 0) is 38.1 Å². The highest BCUT2D eigenvalue weighted by Crippen LogP contribution is 2.31. The monoisotopic (exact) mass is 480 g/mol. The van der Waals surface area contributed by atoms with E-state index in [-0.39, 0.29) is 11.2 Å². The van der Waals surface area contributed by atoms with Crippen LogP contribution < -0.4 is 10.2 Å². The van der Waals surface area contributed by atoms with Crippen LogP contribution in [-0.2, 0) is 9.53 Å². The highest BCUT2D eigenvalue weighted by Gasteiger charge is 2.25. The standard InChI is InChI=1S/C23H24N6O2S2/c1-15-7-9-17(10-8-15)29-22(28-11-13-31-14-12-28)26-27-23(29)32-16(2)20(30)25-21-24-18-5-3-4-6-19(18)33-21/h3-10,16H,11-14H2,1-2H3,(H,24,25,30). The molecule has 1 fully saturated rings. The van der Waals surface area contributed by atoms with Crippen molar-refractivity contribution in [3.05, 3.63) is 54.1 Å². The first kappa shape index (κ1) is 21.9. The van der Waals surface area contributed by atoms with E-state index in [0.29, 0.717) is 23.5 Å². The molecule has 170 valence electrons. The molecule has 4 aromatic rings. The lowest BCUT2D eigenvalue weighted by molar-refractivity contribution is -0.115. The predicted molar refractivity (Wildman–Crippen MR) is 133 cm³/mol. The summed E-state index contributed by atoms with van der Waals surface area (Å²) in [5, 5.41) is 12.8. The molecule has 10 heteroatoms. The Morgan fingerprint density at radius 1 is 1.12 bits per heavy atom. The molecule has 1 saturated heterocycles. The van der Waals surface area contributed by atoms with Crippen molar-refractivity contribution in [2.24, 2.45) is 0 Å². The average molecular weight is 481 g/mol. The number of benzene rings is 2. The lowest BCUT2D eigenvalue weighted by Gasteiger charge is -2.28. The summed E-state index contributed by atoms with van der Waals surface area (Å²) in [5.74, 6) is 0.647. The zero-order chi connectivity index (χ0) is 22.8. The van der Waals surface area contributed by atoms with E-state index in [1.807, 2.05) is 35.8 Å². The summed E-state index contributed by atoms with van der Waals surface area (Å²) in [4.78, 5) is 19.6. The highest BCUT2D eigenvalue weighted by atomic mass is 32.2. The maximum atomic E-state index is 12.9. The maximum absolute atomic E-state index is 12.9. The number of hydrogen-bond donors (Lipinski definition) is 1. The molecule has 1 aliphatic rings. The van der Waals surface area contributed by atoms with Gasteiger partial charge in [-0.3, -0.25) is 9.36 Å². The Bertz CT molecular complexity index is 1230. The van der Waals surface area contributed by atoms with Crippen molar-refractivity contribution in [1.82, 2.24) is 19.7 Å². The molecule has 0 bridgehead atoms. The minimum absolute atomic E-state index is 0.120. The van der Waals surface area contributed by atoms with E-state index in [1.165, 1.54) is 28.7 Å². The molecule has 8 nitrogen and oxygen atoms in total. The van der Waals surface area contributed by atoms with Gasteiger partial charge in [0.25, 0.3) is 0 Å². The van der Waals surface area contributed by atoms with Gasteiger partial charge >= 0.3 is 0 Å². The first-order chi connectivity index (χ1) is 16.1. The summed E-state index contributed by atoms with van der Waals surface area (Å²) >= 11 is 2.85. The summed E-state index contributed by atoms with van der Waals surface area (Å²) in [6.45, 7) is 6.75. The number of thiazole rings is 1. The molecule has 1 aliphatic heterocycles. The summed E-state index contributed by atoms with van der Waals surface area (Å²) in [5.41, 5.74) is 3.03. The van der Waals surface area contributed by atoms with E-state index in [4.69, 9.17) is 4.74 Å². The lowest BCUT2D eigenvalue weighted by atomic mass is 10.2. The first-order valence-electron chi connectivity index (χ1n) is 10.8. The number of para-hydroxylation sites is 1. The van der Waals surface area contributed by atoms with Gasteiger partial charge in [-0.1, -0.05) is 52.9 Å². The number of ether oxygens (including phenoxy) is 1. The van der Waals surface area contributed by atoms with Crippen molar-refractivity contribution in [3.63, 3.8) is 0 Å². The fourth-order valence-corrected chi connectivity index (χ4v) is 5.30. The van der Waals surface area contributed by atoms with Gasteiger partial charge in [-0.2, -0.15) is 0 Å². The van der Waals surface area contributed by atoms with Crippen molar-refractivity contribution in [2.75, 3.05) is 36.5 Å². The fraction of sp³-hybridized carbons (Fsp3) is 0.304. The molecular formula is C23H24N6O2S2. The zero-order valence-corrected chi connectivity index (χ0v) is 20.0. The van der Waals surface area contributed by atoms with Crippen LogP contribution in [-0.4, -0.2) is 57.2 Å². The van der Waals surface area contributed by atoms with Crippen LogP contribution in [0.25, 0.3) is 15.9 Å². The lowest BCUT2D eigenvalue weighted by Crippen LogP contribution is -2.38. The second-order valence-corrected chi connectivity index (χ2v) is 10.1. The Hall–Kier alpha value is -2.95. The Morgan fingerprint density at radius 2 is 1.88 bits per heavy atom. The minimum Gasteiger partial charge on any atom is -0.378 e. The first-order valence-corrected chi connectivity index (χ1v) is 12.5. The van der Waals surface area contributed by atoms with Gasteiger partial charge in [-0.15, -0.1) is 10.2 Å². The Kier molecular flexibility index (Phi) is 6.30.